The van der Waals surface area contributed by atoms with Gasteiger partial charge in [-0.3, -0.25) is 9.98 Å². The molecule has 0 atom stereocenters. The van der Waals surface area contributed by atoms with Crippen molar-refractivity contribution >= 4 is 22.1 Å². The quantitative estimate of drug-likeness (QED) is 0.216. The Morgan fingerprint density at radius 2 is 1.88 bits per heavy atom. The zero-order valence-electron chi connectivity index (χ0n) is 12.1. The van der Waals surface area contributed by atoms with Crippen molar-refractivity contribution in [1.29, 1.82) is 0 Å². The summed E-state index contributed by atoms with van der Waals surface area (Å²) in [6.07, 6.45) is 3.31. The Morgan fingerprint density at radius 3 is 2.42 bits per heavy atom. The third kappa shape index (κ3) is 11.5. The average molecular weight is 453 g/mol. The van der Waals surface area contributed by atoms with E-state index in [0.29, 0.717) is 12.1 Å². The predicted octanol–water partition coefficient (Wildman–Crippen LogP) is 0.549. The van der Waals surface area contributed by atoms with Crippen LogP contribution >= 0.6 is 15.9 Å². The van der Waals surface area contributed by atoms with Crippen LogP contribution < -0.4 is 5.11 Å². The van der Waals surface area contributed by atoms with Crippen LogP contribution in [0.25, 0.3) is 0 Å². The second kappa shape index (κ2) is 14.5. The molecule has 0 aliphatic rings. The van der Waals surface area contributed by atoms with Crippen molar-refractivity contribution in [3.8, 4) is 5.75 Å². The molecular formula is C13H15BrCuN3O6+. The average Bonchev–Trinajstić information content (AvgIpc) is 2.43. The molecule has 2 aromatic rings. The van der Waals surface area contributed by atoms with Gasteiger partial charge in [-0.15, -0.1) is 0 Å². The van der Waals surface area contributed by atoms with Crippen LogP contribution in [0, 0.1) is 15.3 Å². The molecule has 0 spiro atoms. The van der Waals surface area contributed by atoms with Gasteiger partial charge in [-0.05, 0) is 29.8 Å². The number of hydrogen-bond donors (Lipinski definition) is 0. The molecule has 5 N–H and O–H groups in total. The number of rotatable bonds is 3. The van der Waals surface area contributed by atoms with Crippen molar-refractivity contribution in [1.82, 2.24) is 4.98 Å². The predicted molar refractivity (Wildman–Crippen MR) is 88.0 cm³/mol. The van der Waals surface area contributed by atoms with Gasteiger partial charge in [0, 0.05) is 16.9 Å². The van der Waals surface area contributed by atoms with E-state index in [-0.39, 0.29) is 33.8 Å². The van der Waals surface area contributed by atoms with E-state index in [1.165, 1.54) is 6.07 Å². The molecule has 9 nitrogen and oxygen atoms in total. The van der Waals surface area contributed by atoms with Gasteiger partial charge in [0.2, 0.25) is 0 Å². The minimum Gasteiger partial charge on any atom is -0.872 e. The van der Waals surface area contributed by atoms with Gasteiger partial charge in [0.15, 0.2) is 0 Å². The SMILES string of the molecule is O.O=[N+]([O-])[O-].[Cu+2].[O-]c1ccc(Br)cc1C=NCc1ccccn1.[OH3+]. The summed E-state index contributed by atoms with van der Waals surface area (Å²) < 4.78 is 0.872. The Hall–Kier alpha value is -2.04. The zero-order chi connectivity index (χ0) is 15.7. The van der Waals surface area contributed by atoms with Crippen LogP contribution in [0.5, 0.6) is 5.75 Å². The van der Waals surface area contributed by atoms with Crippen LogP contribution in [0.2, 0.25) is 0 Å². The summed E-state index contributed by atoms with van der Waals surface area (Å²) in [5, 5.41) is 26.2. The minimum absolute atomic E-state index is 0. The van der Waals surface area contributed by atoms with Gasteiger partial charge >= 0.3 is 17.1 Å². The van der Waals surface area contributed by atoms with Gasteiger partial charge in [0.05, 0.1) is 17.3 Å². The molecule has 2 rings (SSSR count). The summed E-state index contributed by atoms with van der Waals surface area (Å²) in [4.78, 5) is 16.6. The molecule has 0 bridgehead atoms. The van der Waals surface area contributed by atoms with E-state index in [1.807, 2.05) is 18.2 Å². The van der Waals surface area contributed by atoms with E-state index in [4.69, 9.17) is 15.3 Å². The Morgan fingerprint density at radius 1 is 1.25 bits per heavy atom. The molecule has 1 heterocycles. The first-order valence-electron chi connectivity index (χ1n) is 5.67. The molecule has 24 heavy (non-hydrogen) atoms. The molecule has 1 aromatic heterocycles. The van der Waals surface area contributed by atoms with Crippen molar-refractivity contribution < 1.29 is 38.2 Å². The normalized spacial score (nSPS) is 8.71. The van der Waals surface area contributed by atoms with Gasteiger partial charge in [0.25, 0.3) is 0 Å². The summed E-state index contributed by atoms with van der Waals surface area (Å²) in [5.41, 5.74) is 1.46. The van der Waals surface area contributed by atoms with Crippen molar-refractivity contribution in [2.24, 2.45) is 4.99 Å². The van der Waals surface area contributed by atoms with Crippen LogP contribution in [-0.4, -0.2) is 21.8 Å². The molecular weight excluding hydrogens is 438 g/mol. The summed E-state index contributed by atoms with van der Waals surface area (Å²) in [5.74, 6) is -0.0297. The van der Waals surface area contributed by atoms with Gasteiger partial charge in [-0.25, -0.2) is 0 Å². The van der Waals surface area contributed by atoms with E-state index >= 15 is 0 Å². The Labute approximate surface area is 156 Å². The van der Waals surface area contributed by atoms with Gasteiger partial charge in [0.1, 0.15) is 0 Å². The summed E-state index contributed by atoms with van der Waals surface area (Å²) in [7, 11) is 0. The molecule has 1 aromatic carbocycles. The van der Waals surface area contributed by atoms with Crippen molar-refractivity contribution in [2.75, 3.05) is 0 Å². The Balaban J connectivity index is -0.000000571. The maximum absolute atomic E-state index is 11.5. The zero-order valence-corrected chi connectivity index (χ0v) is 14.6. The first-order chi connectivity index (χ1) is 9.99. The minimum atomic E-state index is -1.75. The maximum atomic E-state index is 11.5. The van der Waals surface area contributed by atoms with Gasteiger partial charge in [-0.1, -0.05) is 33.8 Å². The van der Waals surface area contributed by atoms with Crippen molar-refractivity contribution in [3.63, 3.8) is 0 Å². The van der Waals surface area contributed by atoms with Crippen LogP contribution in [0.1, 0.15) is 11.3 Å². The number of hydrogen-bond acceptors (Lipinski definition) is 6. The number of aromatic nitrogens is 1. The number of pyridine rings is 1. The molecule has 1 radical (unpaired) electrons. The standard InChI is InChI=1S/C13H11BrN2O.Cu.NO3.2H2O/c14-11-4-5-13(17)10(7-11)8-15-9-12-3-1-2-6-16-12;;2-1(3)4;;/h1-8,17H,9H2;;;2*1H2/q;+2;-1;;. The summed E-state index contributed by atoms with van der Waals surface area (Å²) in [6.45, 7) is 0.479. The van der Waals surface area contributed by atoms with Gasteiger partial charge < -0.3 is 31.4 Å². The van der Waals surface area contributed by atoms with Gasteiger partial charge in [-0.2, -0.15) is 0 Å². The summed E-state index contributed by atoms with van der Waals surface area (Å²) >= 11 is 3.32. The topological polar surface area (TPSA) is 179 Å². The van der Waals surface area contributed by atoms with Crippen LogP contribution in [-0.2, 0) is 29.1 Å². The second-order valence-electron chi connectivity index (χ2n) is 3.70. The third-order valence-corrected chi connectivity index (χ3v) is 2.67. The molecule has 135 valence electrons. The number of halogens is 1. The van der Waals surface area contributed by atoms with Crippen molar-refractivity contribution in [3.05, 3.63) is 73.6 Å². The van der Waals surface area contributed by atoms with E-state index in [1.54, 1.807) is 24.5 Å². The second-order valence-corrected chi connectivity index (χ2v) is 4.61. The van der Waals surface area contributed by atoms with E-state index < -0.39 is 5.09 Å². The maximum Gasteiger partial charge on any atom is 2.00 e. The molecule has 0 unspecified atom stereocenters. The third-order valence-electron chi connectivity index (χ3n) is 2.18. The molecule has 0 amide bonds. The van der Waals surface area contributed by atoms with Crippen LogP contribution in [0.3, 0.4) is 0 Å². The fourth-order valence-corrected chi connectivity index (χ4v) is 1.73. The smallest absolute Gasteiger partial charge is 0.872 e. The monoisotopic (exact) mass is 451 g/mol. The van der Waals surface area contributed by atoms with E-state index in [9.17, 15) is 5.11 Å². The molecule has 0 fully saturated rings. The fraction of sp³-hybridized carbons (Fsp3) is 0.0769. The first-order valence-corrected chi connectivity index (χ1v) is 6.46. The summed E-state index contributed by atoms with van der Waals surface area (Å²) in [6, 6.07) is 10.7. The molecule has 11 heteroatoms. The molecule has 0 saturated carbocycles. The first kappa shape index (κ1) is 26.8. The molecule has 0 saturated heterocycles. The van der Waals surface area contributed by atoms with Crippen molar-refractivity contribution in [2.45, 2.75) is 6.54 Å². The largest absolute Gasteiger partial charge is 2.00 e. The van der Waals surface area contributed by atoms with E-state index in [0.717, 1.165) is 10.2 Å². The molecule has 0 aliphatic carbocycles. The number of benzene rings is 1. The van der Waals surface area contributed by atoms with Crippen LogP contribution in [0.4, 0.5) is 0 Å². The van der Waals surface area contributed by atoms with Crippen LogP contribution in [0.15, 0.2) is 52.1 Å². The van der Waals surface area contributed by atoms with E-state index in [2.05, 4.69) is 25.9 Å². The molecule has 0 aliphatic heterocycles. The number of aliphatic imine (C=N–C) groups is 1. The Kier molecular flexibility index (Phi) is 16.3. The fourth-order valence-electron chi connectivity index (χ4n) is 1.35. The number of nitrogens with zero attached hydrogens (tertiary/aromatic N) is 3. The Bertz CT molecular complexity index is 626.